The minimum atomic E-state index is 0.168. The molecule has 1 unspecified atom stereocenters. The maximum Gasteiger partial charge on any atom is 0.230 e. The van der Waals surface area contributed by atoms with Crippen molar-refractivity contribution in [3.63, 3.8) is 0 Å². The number of aryl methyl sites for hydroxylation is 1. The molecule has 5 heteroatoms. The minimum absolute atomic E-state index is 0.168. The van der Waals surface area contributed by atoms with Crippen LogP contribution in [0.25, 0.3) is 0 Å². The first-order valence-corrected chi connectivity index (χ1v) is 5.49. The molecule has 0 bridgehead atoms. The summed E-state index contributed by atoms with van der Waals surface area (Å²) in [5.41, 5.74) is 0.168. The Morgan fingerprint density at radius 3 is 2.87 bits per heavy atom. The van der Waals surface area contributed by atoms with E-state index in [2.05, 4.69) is 27.8 Å². The Kier molecular flexibility index (Phi) is 3.02. The zero-order valence-electron chi connectivity index (χ0n) is 9.34. The van der Waals surface area contributed by atoms with Gasteiger partial charge in [0.15, 0.2) is 0 Å². The zero-order chi connectivity index (χ0) is 10.7. The quantitative estimate of drug-likeness (QED) is 0.756. The molecule has 0 aliphatic carbocycles. The van der Waals surface area contributed by atoms with Crippen molar-refractivity contribution in [2.75, 3.05) is 13.1 Å². The smallest absolute Gasteiger partial charge is 0.230 e. The molecule has 1 aromatic heterocycles. The second-order valence-corrected chi connectivity index (χ2v) is 4.28. The van der Waals surface area contributed by atoms with Crippen molar-refractivity contribution in [2.24, 2.45) is 0 Å². The van der Waals surface area contributed by atoms with Crippen LogP contribution in [0.5, 0.6) is 0 Å². The second-order valence-electron chi connectivity index (χ2n) is 4.28. The number of hydrogen-bond donors (Lipinski definition) is 2. The Morgan fingerprint density at radius 2 is 2.27 bits per heavy atom. The third-order valence-corrected chi connectivity index (χ3v) is 2.85. The number of hydrogen-bond acceptors (Lipinski definition) is 5. The Bertz CT molecular complexity index is 317. The van der Waals surface area contributed by atoms with Crippen LogP contribution in [0.4, 0.5) is 0 Å². The molecule has 5 nitrogen and oxygen atoms in total. The van der Waals surface area contributed by atoms with Crippen LogP contribution < -0.4 is 10.6 Å². The number of nitrogens with one attached hydrogen (secondary N) is 2. The maximum absolute atomic E-state index is 5.43. The molecule has 15 heavy (non-hydrogen) atoms. The second kappa shape index (κ2) is 4.28. The number of rotatable bonds is 4. The molecule has 2 N–H and O–H groups in total. The molecule has 0 aromatic carbocycles. The first-order valence-electron chi connectivity index (χ1n) is 5.49. The van der Waals surface area contributed by atoms with Crippen LogP contribution in [0.3, 0.4) is 0 Å². The predicted octanol–water partition coefficient (Wildman–Crippen LogP) is 0.474. The van der Waals surface area contributed by atoms with Crippen molar-refractivity contribution in [3.8, 4) is 0 Å². The fourth-order valence-corrected chi connectivity index (χ4v) is 1.76. The predicted molar refractivity (Wildman–Crippen MR) is 56.4 cm³/mol. The van der Waals surface area contributed by atoms with E-state index in [0.717, 1.165) is 25.9 Å². The molecule has 1 aliphatic heterocycles. The number of nitrogens with zero attached hydrogens (tertiary/aromatic N) is 2. The summed E-state index contributed by atoms with van der Waals surface area (Å²) in [4.78, 5) is 0. The van der Waals surface area contributed by atoms with Crippen LogP contribution in [0.2, 0.25) is 0 Å². The molecular formula is C10H18N4O. The summed E-state index contributed by atoms with van der Waals surface area (Å²) in [6, 6.07) is 0. The van der Waals surface area contributed by atoms with E-state index in [0.29, 0.717) is 18.3 Å². The third kappa shape index (κ3) is 2.54. The van der Waals surface area contributed by atoms with Crippen molar-refractivity contribution in [3.05, 3.63) is 11.8 Å². The van der Waals surface area contributed by atoms with Gasteiger partial charge in [0.2, 0.25) is 11.8 Å². The fraction of sp³-hybridized carbons (Fsp3) is 0.800. The van der Waals surface area contributed by atoms with Crippen LogP contribution in [0.1, 0.15) is 32.0 Å². The van der Waals surface area contributed by atoms with E-state index >= 15 is 0 Å². The molecule has 1 aliphatic rings. The summed E-state index contributed by atoms with van der Waals surface area (Å²) in [5, 5.41) is 14.7. The minimum Gasteiger partial charge on any atom is -0.424 e. The molecule has 2 heterocycles. The molecule has 1 atom stereocenters. The molecule has 2 rings (SSSR count). The normalized spacial score (nSPS) is 26.0. The summed E-state index contributed by atoms with van der Waals surface area (Å²) >= 11 is 0. The van der Waals surface area contributed by atoms with Gasteiger partial charge in [-0.2, -0.15) is 0 Å². The van der Waals surface area contributed by atoms with Crippen molar-refractivity contribution < 1.29 is 4.42 Å². The van der Waals surface area contributed by atoms with Gasteiger partial charge < -0.3 is 15.1 Å². The Hall–Kier alpha value is -0.940. The molecule has 0 amide bonds. The lowest BCUT2D eigenvalue weighted by molar-refractivity contribution is 0.349. The molecule has 0 radical (unpaired) electrons. The van der Waals surface area contributed by atoms with Crippen molar-refractivity contribution in [1.82, 2.24) is 20.8 Å². The third-order valence-electron chi connectivity index (χ3n) is 2.85. The van der Waals surface area contributed by atoms with E-state index < -0.39 is 0 Å². The van der Waals surface area contributed by atoms with Gasteiger partial charge in [-0.15, -0.1) is 10.2 Å². The zero-order valence-corrected chi connectivity index (χ0v) is 9.34. The van der Waals surface area contributed by atoms with Gasteiger partial charge in [-0.05, 0) is 19.9 Å². The topological polar surface area (TPSA) is 63.0 Å². The van der Waals surface area contributed by atoms with Crippen molar-refractivity contribution in [1.29, 1.82) is 0 Å². The van der Waals surface area contributed by atoms with E-state index in [1.165, 1.54) is 0 Å². The lowest BCUT2D eigenvalue weighted by atomic mass is 10.0. The molecule has 0 saturated carbocycles. The monoisotopic (exact) mass is 210 g/mol. The van der Waals surface area contributed by atoms with Crippen LogP contribution >= 0.6 is 0 Å². The summed E-state index contributed by atoms with van der Waals surface area (Å²) in [6.07, 6.45) is 1.94. The molecule has 1 fully saturated rings. The molecule has 1 aromatic rings. The van der Waals surface area contributed by atoms with Gasteiger partial charge in [-0.3, -0.25) is 0 Å². The molecule has 84 valence electrons. The molecular weight excluding hydrogens is 192 g/mol. The van der Waals surface area contributed by atoms with Gasteiger partial charge in [0, 0.05) is 18.5 Å². The summed E-state index contributed by atoms with van der Waals surface area (Å²) < 4.78 is 5.43. The summed E-state index contributed by atoms with van der Waals surface area (Å²) in [7, 11) is 0. The Morgan fingerprint density at radius 1 is 1.47 bits per heavy atom. The van der Waals surface area contributed by atoms with Crippen LogP contribution in [-0.2, 0) is 13.0 Å². The van der Waals surface area contributed by atoms with Gasteiger partial charge >= 0.3 is 0 Å². The highest BCUT2D eigenvalue weighted by Crippen LogP contribution is 2.14. The van der Waals surface area contributed by atoms with E-state index in [9.17, 15) is 0 Å². The van der Waals surface area contributed by atoms with E-state index in [4.69, 9.17) is 4.42 Å². The van der Waals surface area contributed by atoms with Gasteiger partial charge in [0.05, 0.1) is 6.54 Å². The van der Waals surface area contributed by atoms with Gasteiger partial charge in [-0.1, -0.05) is 6.92 Å². The van der Waals surface area contributed by atoms with Crippen molar-refractivity contribution in [2.45, 2.75) is 38.8 Å². The average molecular weight is 210 g/mol. The first kappa shape index (κ1) is 10.6. The van der Waals surface area contributed by atoms with Crippen LogP contribution in [0.15, 0.2) is 4.42 Å². The lowest BCUT2D eigenvalue weighted by Crippen LogP contribution is -2.43. The van der Waals surface area contributed by atoms with Crippen LogP contribution in [-0.4, -0.2) is 28.8 Å². The Balaban J connectivity index is 1.87. The highest BCUT2D eigenvalue weighted by atomic mass is 16.4. The lowest BCUT2D eigenvalue weighted by Gasteiger charge is -2.23. The van der Waals surface area contributed by atoms with Crippen LogP contribution in [0, 0.1) is 0 Å². The maximum atomic E-state index is 5.43. The van der Waals surface area contributed by atoms with Crippen molar-refractivity contribution >= 4 is 0 Å². The average Bonchev–Trinajstić information content (AvgIpc) is 2.84. The molecule has 1 saturated heterocycles. The highest BCUT2D eigenvalue weighted by Gasteiger charge is 2.27. The SMILES string of the molecule is CCc1nnc(CNC2(C)CCNC2)o1. The first-order chi connectivity index (χ1) is 7.22. The van der Waals surface area contributed by atoms with E-state index in [-0.39, 0.29) is 5.54 Å². The largest absolute Gasteiger partial charge is 0.424 e. The van der Waals surface area contributed by atoms with Gasteiger partial charge in [0.25, 0.3) is 0 Å². The fourth-order valence-electron chi connectivity index (χ4n) is 1.76. The number of aromatic nitrogens is 2. The standard InChI is InChI=1S/C10H18N4O/c1-3-8-13-14-9(15-8)6-12-10(2)4-5-11-7-10/h11-12H,3-7H2,1-2H3. The summed E-state index contributed by atoms with van der Waals surface area (Å²) in [5.74, 6) is 1.39. The van der Waals surface area contributed by atoms with Gasteiger partial charge in [0.1, 0.15) is 0 Å². The highest BCUT2D eigenvalue weighted by molar-refractivity contribution is 4.93. The van der Waals surface area contributed by atoms with E-state index in [1.807, 2.05) is 6.92 Å². The van der Waals surface area contributed by atoms with Gasteiger partial charge in [-0.25, -0.2) is 0 Å². The Labute approximate surface area is 89.6 Å². The summed E-state index contributed by atoms with van der Waals surface area (Å²) in [6.45, 7) is 6.96. The molecule has 0 spiro atoms. The van der Waals surface area contributed by atoms with E-state index in [1.54, 1.807) is 0 Å².